The molecular formula is C22H31N3O2. The van der Waals surface area contributed by atoms with Gasteiger partial charge in [-0.3, -0.25) is 4.79 Å². The van der Waals surface area contributed by atoms with E-state index in [1.54, 1.807) is 0 Å². The predicted octanol–water partition coefficient (Wildman–Crippen LogP) is 4.43. The number of nitrogens with zero attached hydrogens (tertiary/aromatic N) is 3. The fourth-order valence-corrected chi connectivity index (χ4v) is 4.59. The Morgan fingerprint density at radius 2 is 1.96 bits per heavy atom. The van der Waals surface area contributed by atoms with Crippen LogP contribution < -0.4 is 0 Å². The van der Waals surface area contributed by atoms with Crippen molar-refractivity contribution in [2.24, 2.45) is 0 Å². The van der Waals surface area contributed by atoms with Gasteiger partial charge in [0.15, 0.2) is 11.5 Å². The van der Waals surface area contributed by atoms with Crippen LogP contribution >= 0.6 is 0 Å². The first-order valence-electron chi connectivity index (χ1n) is 10.5. The van der Waals surface area contributed by atoms with Gasteiger partial charge in [-0.05, 0) is 57.5 Å². The Morgan fingerprint density at radius 3 is 2.74 bits per heavy atom. The molecule has 0 N–H and O–H groups in total. The van der Waals surface area contributed by atoms with Crippen molar-refractivity contribution in [1.29, 1.82) is 0 Å². The fourth-order valence-electron chi connectivity index (χ4n) is 4.59. The molecule has 2 aromatic rings. The summed E-state index contributed by atoms with van der Waals surface area (Å²) in [5.74, 6) is 1.35. The first-order chi connectivity index (χ1) is 13.1. The van der Waals surface area contributed by atoms with Crippen molar-refractivity contribution in [2.45, 2.75) is 63.3 Å². The monoisotopic (exact) mass is 369 g/mol. The zero-order valence-electron chi connectivity index (χ0n) is 16.6. The SMILES string of the molecule is CN(CC1CCCCN1C)C(=O)c1ccc2nc(C3CCCCC3)oc2c1. The molecule has 1 unspecified atom stereocenters. The summed E-state index contributed by atoms with van der Waals surface area (Å²) >= 11 is 0. The highest BCUT2D eigenvalue weighted by Crippen LogP contribution is 2.33. The Kier molecular flexibility index (Phi) is 5.48. The molecule has 1 amide bonds. The Morgan fingerprint density at radius 1 is 1.19 bits per heavy atom. The van der Waals surface area contributed by atoms with E-state index in [4.69, 9.17) is 4.42 Å². The van der Waals surface area contributed by atoms with Crippen LogP contribution in [0.2, 0.25) is 0 Å². The Balaban J connectivity index is 1.48. The molecule has 1 saturated carbocycles. The molecule has 5 heteroatoms. The molecule has 0 spiro atoms. The van der Waals surface area contributed by atoms with Crippen molar-refractivity contribution in [2.75, 3.05) is 27.2 Å². The minimum Gasteiger partial charge on any atom is -0.440 e. The van der Waals surface area contributed by atoms with E-state index in [0.717, 1.165) is 42.9 Å². The van der Waals surface area contributed by atoms with Crippen molar-refractivity contribution in [1.82, 2.24) is 14.8 Å². The molecule has 1 saturated heterocycles. The minimum atomic E-state index is 0.0616. The maximum atomic E-state index is 12.9. The Bertz CT molecular complexity index is 794. The lowest BCUT2D eigenvalue weighted by molar-refractivity contribution is 0.0717. The quantitative estimate of drug-likeness (QED) is 0.800. The summed E-state index contributed by atoms with van der Waals surface area (Å²) in [6.07, 6.45) is 9.84. The molecule has 1 atom stereocenters. The largest absolute Gasteiger partial charge is 0.440 e. The molecule has 1 aliphatic heterocycles. The third kappa shape index (κ3) is 4.03. The van der Waals surface area contributed by atoms with Gasteiger partial charge in [0.2, 0.25) is 0 Å². The van der Waals surface area contributed by atoms with Crippen LogP contribution in [-0.2, 0) is 0 Å². The standard InChI is InChI=1S/C22H31N3O2/c1-24-13-7-6-10-18(24)15-25(2)22(26)17-11-12-19-20(14-17)27-21(23-19)16-8-4-3-5-9-16/h11-12,14,16,18H,3-10,13,15H2,1-2H3. The number of carbonyl (C=O) groups is 1. The van der Waals surface area contributed by atoms with E-state index in [9.17, 15) is 4.79 Å². The van der Waals surface area contributed by atoms with E-state index in [1.807, 2.05) is 30.1 Å². The summed E-state index contributed by atoms with van der Waals surface area (Å²) in [5.41, 5.74) is 2.29. The lowest BCUT2D eigenvalue weighted by atomic mass is 9.89. The summed E-state index contributed by atoms with van der Waals surface area (Å²) in [6.45, 7) is 1.90. The number of likely N-dealkylation sites (tertiary alicyclic amines) is 1. The second-order valence-electron chi connectivity index (χ2n) is 8.39. The van der Waals surface area contributed by atoms with E-state index in [1.165, 1.54) is 38.5 Å². The number of piperidine rings is 1. The van der Waals surface area contributed by atoms with Crippen LogP contribution in [0.5, 0.6) is 0 Å². The molecular weight excluding hydrogens is 338 g/mol. The lowest BCUT2D eigenvalue weighted by Gasteiger charge is -2.35. The maximum Gasteiger partial charge on any atom is 0.253 e. The molecule has 1 aromatic carbocycles. The van der Waals surface area contributed by atoms with Crippen molar-refractivity contribution >= 4 is 17.0 Å². The van der Waals surface area contributed by atoms with Gasteiger partial charge >= 0.3 is 0 Å². The predicted molar refractivity (Wildman–Crippen MR) is 107 cm³/mol. The van der Waals surface area contributed by atoms with Gasteiger partial charge in [0, 0.05) is 31.1 Å². The molecule has 1 aliphatic carbocycles. The number of likely N-dealkylation sites (N-methyl/N-ethyl adjacent to an activating group) is 2. The number of fused-ring (bicyclic) bond motifs is 1. The normalized spacial score (nSPS) is 22.2. The van der Waals surface area contributed by atoms with Gasteiger partial charge < -0.3 is 14.2 Å². The molecule has 2 aliphatic rings. The van der Waals surface area contributed by atoms with Crippen LogP contribution in [0.3, 0.4) is 0 Å². The summed E-state index contributed by atoms with van der Waals surface area (Å²) in [4.78, 5) is 21.8. The van der Waals surface area contributed by atoms with E-state index in [0.29, 0.717) is 17.5 Å². The van der Waals surface area contributed by atoms with E-state index in [2.05, 4.69) is 16.9 Å². The Labute approximate surface area is 161 Å². The highest BCUT2D eigenvalue weighted by molar-refractivity contribution is 5.96. The van der Waals surface area contributed by atoms with E-state index in [-0.39, 0.29) is 5.91 Å². The average Bonchev–Trinajstić information content (AvgIpc) is 3.13. The van der Waals surface area contributed by atoms with Crippen molar-refractivity contribution < 1.29 is 9.21 Å². The molecule has 5 nitrogen and oxygen atoms in total. The number of amides is 1. The van der Waals surface area contributed by atoms with Crippen LogP contribution in [-0.4, -0.2) is 53.9 Å². The molecule has 146 valence electrons. The first kappa shape index (κ1) is 18.5. The summed E-state index contributed by atoms with van der Waals surface area (Å²) in [7, 11) is 4.07. The van der Waals surface area contributed by atoms with Crippen molar-refractivity contribution in [3.8, 4) is 0 Å². The van der Waals surface area contributed by atoms with Gasteiger partial charge in [-0.25, -0.2) is 4.98 Å². The molecule has 4 rings (SSSR count). The number of carbonyl (C=O) groups excluding carboxylic acids is 1. The number of rotatable bonds is 4. The third-order valence-electron chi connectivity index (χ3n) is 6.36. The molecule has 0 bridgehead atoms. The third-order valence-corrected chi connectivity index (χ3v) is 6.36. The van der Waals surface area contributed by atoms with Crippen LogP contribution in [0.4, 0.5) is 0 Å². The van der Waals surface area contributed by atoms with Gasteiger partial charge in [-0.2, -0.15) is 0 Å². The molecule has 1 aromatic heterocycles. The second-order valence-corrected chi connectivity index (χ2v) is 8.39. The molecule has 2 fully saturated rings. The number of hydrogen-bond donors (Lipinski definition) is 0. The molecule has 27 heavy (non-hydrogen) atoms. The smallest absolute Gasteiger partial charge is 0.253 e. The van der Waals surface area contributed by atoms with E-state index >= 15 is 0 Å². The topological polar surface area (TPSA) is 49.6 Å². The first-order valence-corrected chi connectivity index (χ1v) is 10.5. The zero-order valence-corrected chi connectivity index (χ0v) is 16.6. The number of benzene rings is 1. The lowest BCUT2D eigenvalue weighted by Crippen LogP contribution is -2.45. The number of aromatic nitrogens is 1. The van der Waals surface area contributed by atoms with Gasteiger partial charge in [0.05, 0.1) is 0 Å². The van der Waals surface area contributed by atoms with Crippen molar-refractivity contribution in [3.63, 3.8) is 0 Å². The summed E-state index contributed by atoms with van der Waals surface area (Å²) in [6, 6.07) is 6.15. The zero-order chi connectivity index (χ0) is 18.8. The maximum absolute atomic E-state index is 12.9. The average molecular weight is 370 g/mol. The van der Waals surface area contributed by atoms with Gasteiger partial charge in [0.25, 0.3) is 5.91 Å². The number of hydrogen-bond acceptors (Lipinski definition) is 4. The minimum absolute atomic E-state index is 0.0616. The second kappa shape index (κ2) is 8.01. The van der Waals surface area contributed by atoms with Crippen LogP contribution in [0.25, 0.3) is 11.1 Å². The molecule has 2 heterocycles. The van der Waals surface area contributed by atoms with Crippen LogP contribution in [0.15, 0.2) is 22.6 Å². The summed E-state index contributed by atoms with van der Waals surface area (Å²) in [5, 5.41) is 0. The van der Waals surface area contributed by atoms with Crippen molar-refractivity contribution in [3.05, 3.63) is 29.7 Å². The highest BCUT2D eigenvalue weighted by Gasteiger charge is 2.24. The number of oxazole rings is 1. The van der Waals surface area contributed by atoms with Gasteiger partial charge in [0.1, 0.15) is 5.52 Å². The van der Waals surface area contributed by atoms with Crippen LogP contribution in [0, 0.1) is 0 Å². The van der Waals surface area contributed by atoms with Gasteiger partial charge in [-0.15, -0.1) is 0 Å². The van der Waals surface area contributed by atoms with E-state index < -0.39 is 0 Å². The molecule has 0 radical (unpaired) electrons. The van der Waals surface area contributed by atoms with Gasteiger partial charge in [-0.1, -0.05) is 25.7 Å². The fraction of sp³-hybridized carbons (Fsp3) is 0.636. The summed E-state index contributed by atoms with van der Waals surface area (Å²) < 4.78 is 6.06. The van der Waals surface area contributed by atoms with Crippen LogP contribution in [0.1, 0.15) is 73.5 Å². The highest BCUT2D eigenvalue weighted by atomic mass is 16.3. The Hall–Kier alpha value is -1.88.